The molecule has 2 N–H and O–H groups in total. The van der Waals surface area contributed by atoms with E-state index in [0.717, 1.165) is 11.3 Å². The van der Waals surface area contributed by atoms with Crippen LogP contribution in [0.15, 0.2) is 60.7 Å². The average Bonchev–Trinajstić information content (AvgIpc) is 2.49. The molecule has 0 bridgehead atoms. The number of likely N-dealkylation sites (N-methyl/N-ethyl adjacent to an activating group) is 1. The van der Waals surface area contributed by atoms with Crippen molar-refractivity contribution in [3.63, 3.8) is 0 Å². The number of hydrogen-bond donors (Lipinski definition) is 2. The number of aliphatic carboxylic acids is 1. The van der Waals surface area contributed by atoms with Gasteiger partial charge in [-0.15, -0.1) is 0 Å². The number of para-hydroxylation sites is 1. The van der Waals surface area contributed by atoms with E-state index in [1.165, 1.54) is 0 Å². The zero-order chi connectivity index (χ0) is 14.5. The highest BCUT2D eigenvalue weighted by atomic mass is 16.4. The lowest BCUT2D eigenvalue weighted by molar-refractivity contribution is -0.147. The van der Waals surface area contributed by atoms with E-state index in [4.69, 9.17) is 5.11 Å². The van der Waals surface area contributed by atoms with Gasteiger partial charge in [0.1, 0.15) is 0 Å². The van der Waals surface area contributed by atoms with Gasteiger partial charge in [-0.25, -0.2) is 4.79 Å². The summed E-state index contributed by atoms with van der Waals surface area (Å²) in [7, 11) is 1.78. The van der Waals surface area contributed by atoms with Crippen LogP contribution in [0.4, 0.5) is 5.69 Å². The Hall–Kier alpha value is -2.33. The van der Waals surface area contributed by atoms with Crippen molar-refractivity contribution in [1.82, 2.24) is 0 Å². The Balaban J connectivity index is 2.39. The number of aliphatic hydroxyl groups excluding tert-OH is 1. The fourth-order valence-electron chi connectivity index (χ4n) is 2.23. The van der Waals surface area contributed by atoms with Crippen molar-refractivity contribution in [2.24, 2.45) is 0 Å². The summed E-state index contributed by atoms with van der Waals surface area (Å²) in [6.45, 7) is 0. The van der Waals surface area contributed by atoms with E-state index < -0.39 is 18.1 Å². The molecular formula is C16H17NO3. The van der Waals surface area contributed by atoms with Crippen molar-refractivity contribution in [3.8, 4) is 0 Å². The van der Waals surface area contributed by atoms with E-state index in [1.807, 2.05) is 60.7 Å². The molecule has 2 aromatic rings. The number of hydrogen-bond acceptors (Lipinski definition) is 3. The quantitative estimate of drug-likeness (QED) is 0.876. The Morgan fingerprint density at radius 2 is 1.50 bits per heavy atom. The summed E-state index contributed by atoms with van der Waals surface area (Å²) in [5, 5.41) is 19.2. The molecule has 0 unspecified atom stereocenters. The number of aliphatic hydroxyl groups is 1. The summed E-state index contributed by atoms with van der Waals surface area (Å²) < 4.78 is 0. The predicted molar refractivity (Wildman–Crippen MR) is 77.7 cm³/mol. The molecule has 0 aromatic heterocycles. The van der Waals surface area contributed by atoms with Gasteiger partial charge in [0, 0.05) is 12.7 Å². The van der Waals surface area contributed by atoms with Gasteiger partial charge in [0.2, 0.25) is 0 Å². The maximum atomic E-state index is 11.2. The minimum absolute atomic E-state index is 0.643. The van der Waals surface area contributed by atoms with Crippen LogP contribution in [-0.4, -0.2) is 29.3 Å². The first-order valence-electron chi connectivity index (χ1n) is 6.35. The van der Waals surface area contributed by atoms with E-state index >= 15 is 0 Å². The zero-order valence-electron chi connectivity index (χ0n) is 11.2. The van der Waals surface area contributed by atoms with Crippen LogP contribution in [0, 0.1) is 0 Å². The van der Waals surface area contributed by atoms with Crippen LogP contribution >= 0.6 is 0 Å². The van der Waals surface area contributed by atoms with Crippen LogP contribution in [0.2, 0.25) is 0 Å². The molecule has 0 heterocycles. The van der Waals surface area contributed by atoms with Crippen molar-refractivity contribution >= 4 is 11.7 Å². The third-order valence-corrected chi connectivity index (χ3v) is 3.27. The van der Waals surface area contributed by atoms with E-state index in [1.54, 1.807) is 11.9 Å². The highest BCUT2D eigenvalue weighted by Crippen LogP contribution is 2.28. The largest absolute Gasteiger partial charge is 0.479 e. The first-order chi connectivity index (χ1) is 9.61. The summed E-state index contributed by atoms with van der Waals surface area (Å²) in [6.07, 6.45) is -1.50. The summed E-state index contributed by atoms with van der Waals surface area (Å²) in [5.74, 6) is -1.23. The molecule has 0 fully saturated rings. The van der Waals surface area contributed by atoms with Gasteiger partial charge in [-0.2, -0.15) is 0 Å². The fraction of sp³-hybridized carbons (Fsp3) is 0.188. The molecule has 0 aliphatic carbocycles. The molecule has 0 saturated carbocycles. The summed E-state index contributed by atoms with van der Waals surface area (Å²) in [5.41, 5.74) is 1.61. The van der Waals surface area contributed by atoms with Gasteiger partial charge in [0.15, 0.2) is 6.10 Å². The van der Waals surface area contributed by atoms with Gasteiger partial charge in [-0.05, 0) is 17.7 Å². The number of benzene rings is 2. The minimum Gasteiger partial charge on any atom is -0.479 e. The van der Waals surface area contributed by atoms with Crippen molar-refractivity contribution in [1.29, 1.82) is 0 Å². The summed E-state index contributed by atoms with van der Waals surface area (Å²) >= 11 is 0. The van der Waals surface area contributed by atoms with Crippen LogP contribution in [0.25, 0.3) is 0 Å². The van der Waals surface area contributed by atoms with E-state index in [9.17, 15) is 9.90 Å². The number of carboxylic acids is 1. The van der Waals surface area contributed by atoms with Crippen molar-refractivity contribution in [2.45, 2.75) is 12.1 Å². The molecule has 104 valence electrons. The number of anilines is 1. The monoisotopic (exact) mass is 271 g/mol. The van der Waals surface area contributed by atoms with Gasteiger partial charge in [-0.3, -0.25) is 0 Å². The number of carboxylic acid groups (broad SMARTS) is 1. The van der Waals surface area contributed by atoms with E-state index in [-0.39, 0.29) is 0 Å². The molecular weight excluding hydrogens is 254 g/mol. The SMILES string of the molecule is CN(c1ccccc1)[C@@H](c1ccccc1)[C@H](O)C(=O)O. The zero-order valence-corrected chi connectivity index (χ0v) is 11.2. The Kier molecular flexibility index (Phi) is 4.38. The fourth-order valence-corrected chi connectivity index (χ4v) is 2.23. The lowest BCUT2D eigenvalue weighted by Gasteiger charge is -2.32. The Labute approximate surface area is 117 Å². The maximum absolute atomic E-state index is 11.2. The summed E-state index contributed by atoms with van der Waals surface area (Å²) in [4.78, 5) is 12.9. The first kappa shape index (κ1) is 14.1. The number of nitrogens with zero attached hydrogens (tertiary/aromatic N) is 1. The van der Waals surface area contributed by atoms with Gasteiger partial charge in [0.05, 0.1) is 6.04 Å². The van der Waals surface area contributed by atoms with Crippen LogP contribution in [-0.2, 0) is 4.79 Å². The summed E-state index contributed by atoms with van der Waals surface area (Å²) in [6, 6.07) is 17.9. The molecule has 2 atom stereocenters. The minimum atomic E-state index is -1.50. The van der Waals surface area contributed by atoms with Crippen LogP contribution in [0.3, 0.4) is 0 Å². The second-order valence-electron chi connectivity index (χ2n) is 4.59. The smallest absolute Gasteiger partial charge is 0.335 e. The molecule has 2 aromatic carbocycles. The van der Waals surface area contributed by atoms with Crippen molar-refractivity contribution in [3.05, 3.63) is 66.2 Å². The molecule has 0 aliphatic rings. The van der Waals surface area contributed by atoms with Gasteiger partial charge in [0.25, 0.3) is 0 Å². The Bertz CT molecular complexity index is 556. The van der Waals surface area contributed by atoms with Gasteiger partial charge in [-0.1, -0.05) is 48.5 Å². The Morgan fingerprint density at radius 3 is 2.00 bits per heavy atom. The standard InChI is InChI=1S/C16H17NO3/c1-17(13-10-6-3-7-11-13)14(15(18)16(19)20)12-8-4-2-5-9-12/h2-11,14-15,18H,1H3,(H,19,20)/t14-,15-/m0/s1. The second-order valence-corrected chi connectivity index (χ2v) is 4.59. The van der Waals surface area contributed by atoms with Crippen molar-refractivity contribution < 1.29 is 15.0 Å². The number of rotatable bonds is 5. The lowest BCUT2D eigenvalue weighted by Crippen LogP contribution is -2.38. The topological polar surface area (TPSA) is 60.8 Å². The molecule has 0 radical (unpaired) electrons. The molecule has 4 nitrogen and oxygen atoms in total. The lowest BCUT2D eigenvalue weighted by atomic mass is 9.99. The number of carbonyl (C=O) groups is 1. The van der Waals surface area contributed by atoms with Crippen LogP contribution in [0.5, 0.6) is 0 Å². The van der Waals surface area contributed by atoms with E-state index in [2.05, 4.69) is 0 Å². The third kappa shape index (κ3) is 2.97. The van der Waals surface area contributed by atoms with Gasteiger partial charge >= 0.3 is 5.97 Å². The van der Waals surface area contributed by atoms with Gasteiger partial charge < -0.3 is 15.1 Å². The first-order valence-corrected chi connectivity index (χ1v) is 6.35. The maximum Gasteiger partial charge on any atom is 0.335 e. The second kappa shape index (κ2) is 6.21. The van der Waals surface area contributed by atoms with Crippen LogP contribution < -0.4 is 4.90 Å². The molecule has 0 spiro atoms. The third-order valence-electron chi connectivity index (χ3n) is 3.27. The highest BCUT2D eigenvalue weighted by Gasteiger charge is 2.30. The predicted octanol–water partition coefficient (Wildman–Crippen LogP) is 2.31. The normalized spacial score (nSPS) is 13.5. The highest BCUT2D eigenvalue weighted by molar-refractivity contribution is 5.74. The van der Waals surface area contributed by atoms with E-state index in [0.29, 0.717) is 0 Å². The van der Waals surface area contributed by atoms with Crippen LogP contribution in [0.1, 0.15) is 11.6 Å². The molecule has 4 heteroatoms. The molecule has 2 rings (SSSR count). The molecule has 0 aliphatic heterocycles. The Morgan fingerprint density at radius 1 is 1.00 bits per heavy atom. The average molecular weight is 271 g/mol. The molecule has 20 heavy (non-hydrogen) atoms. The molecule has 0 saturated heterocycles. The van der Waals surface area contributed by atoms with Crippen molar-refractivity contribution in [2.75, 3.05) is 11.9 Å². The molecule has 0 amide bonds.